The Labute approximate surface area is 167 Å². The van der Waals surface area contributed by atoms with Gasteiger partial charge >= 0.3 is 0 Å². The molecule has 0 unspecified atom stereocenters. The van der Waals surface area contributed by atoms with Crippen molar-refractivity contribution in [1.29, 1.82) is 0 Å². The summed E-state index contributed by atoms with van der Waals surface area (Å²) in [7, 11) is -3.85. The molecule has 0 saturated heterocycles. The van der Waals surface area contributed by atoms with Crippen molar-refractivity contribution in [3.63, 3.8) is 0 Å². The van der Waals surface area contributed by atoms with E-state index >= 15 is 0 Å². The molecule has 7 heteroatoms. The van der Waals surface area contributed by atoms with Gasteiger partial charge in [0.1, 0.15) is 5.75 Å². The molecule has 2 rings (SSSR count). The highest BCUT2D eigenvalue weighted by Crippen LogP contribution is 2.21. The molecule has 2 aromatic carbocycles. The van der Waals surface area contributed by atoms with E-state index in [1.807, 2.05) is 51.1 Å². The molecule has 0 heterocycles. The van der Waals surface area contributed by atoms with Crippen LogP contribution in [0.1, 0.15) is 32.8 Å². The Balaban J connectivity index is 2.28. The van der Waals surface area contributed by atoms with Crippen molar-refractivity contribution in [2.24, 2.45) is 0 Å². The first-order valence-electron chi connectivity index (χ1n) is 9.43. The SMILES string of the molecule is CCOc1ccc(S(=O)(=O)N(CC(=O)N[C@@H](C)CC)Cc2ccccc2)cc1. The number of hydrogen-bond acceptors (Lipinski definition) is 4. The van der Waals surface area contributed by atoms with Crippen LogP contribution < -0.4 is 10.1 Å². The number of amides is 1. The summed E-state index contributed by atoms with van der Waals surface area (Å²) in [4.78, 5) is 12.5. The van der Waals surface area contributed by atoms with Crippen LogP contribution in [0.15, 0.2) is 59.5 Å². The summed E-state index contributed by atoms with van der Waals surface area (Å²) in [6.07, 6.45) is 0.774. The summed E-state index contributed by atoms with van der Waals surface area (Å²) in [5, 5.41) is 2.83. The van der Waals surface area contributed by atoms with Gasteiger partial charge in [-0.25, -0.2) is 8.42 Å². The molecule has 28 heavy (non-hydrogen) atoms. The van der Waals surface area contributed by atoms with Crippen LogP contribution in [0.2, 0.25) is 0 Å². The molecule has 1 N–H and O–H groups in total. The maximum absolute atomic E-state index is 13.2. The number of carbonyl (C=O) groups excluding carboxylic acids is 1. The van der Waals surface area contributed by atoms with Crippen molar-refractivity contribution in [2.75, 3.05) is 13.2 Å². The molecule has 2 aromatic rings. The van der Waals surface area contributed by atoms with E-state index in [1.165, 1.54) is 16.4 Å². The third kappa shape index (κ3) is 6.07. The molecule has 0 radical (unpaired) electrons. The third-order valence-corrected chi connectivity index (χ3v) is 6.12. The van der Waals surface area contributed by atoms with Crippen molar-refractivity contribution in [3.05, 3.63) is 60.2 Å². The normalized spacial score (nSPS) is 12.6. The van der Waals surface area contributed by atoms with Gasteiger partial charge in [0.2, 0.25) is 15.9 Å². The highest BCUT2D eigenvalue weighted by molar-refractivity contribution is 7.89. The van der Waals surface area contributed by atoms with Crippen molar-refractivity contribution in [3.8, 4) is 5.75 Å². The van der Waals surface area contributed by atoms with Crippen LogP contribution in [0, 0.1) is 0 Å². The van der Waals surface area contributed by atoms with Gasteiger partial charge in [-0.2, -0.15) is 4.31 Å². The van der Waals surface area contributed by atoms with E-state index in [-0.39, 0.29) is 29.9 Å². The predicted molar refractivity (Wildman–Crippen MR) is 110 cm³/mol. The summed E-state index contributed by atoms with van der Waals surface area (Å²) in [6.45, 7) is 6.09. The largest absolute Gasteiger partial charge is 0.494 e. The van der Waals surface area contributed by atoms with E-state index < -0.39 is 10.0 Å². The molecule has 1 atom stereocenters. The Morgan fingerprint density at radius 3 is 2.29 bits per heavy atom. The van der Waals surface area contributed by atoms with Gasteiger partial charge in [0.15, 0.2) is 0 Å². The van der Waals surface area contributed by atoms with Gasteiger partial charge in [-0.05, 0) is 50.1 Å². The zero-order valence-electron chi connectivity index (χ0n) is 16.6. The van der Waals surface area contributed by atoms with Gasteiger partial charge < -0.3 is 10.1 Å². The van der Waals surface area contributed by atoms with Crippen LogP contribution in [0.25, 0.3) is 0 Å². The van der Waals surface area contributed by atoms with Gasteiger partial charge in [0.25, 0.3) is 0 Å². The zero-order valence-corrected chi connectivity index (χ0v) is 17.4. The Hall–Kier alpha value is -2.38. The second-order valence-electron chi connectivity index (χ2n) is 6.54. The fourth-order valence-electron chi connectivity index (χ4n) is 2.62. The topological polar surface area (TPSA) is 75.7 Å². The fourth-order valence-corrected chi connectivity index (χ4v) is 4.00. The Morgan fingerprint density at radius 1 is 1.07 bits per heavy atom. The fraction of sp³-hybridized carbons (Fsp3) is 0.381. The van der Waals surface area contributed by atoms with Crippen LogP contribution in [-0.2, 0) is 21.4 Å². The first kappa shape index (κ1) is 21.9. The molecular weight excluding hydrogens is 376 g/mol. The smallest absolute Gasteiger partial charge is 0.243 e. The van der Waals surface area contributed by atoms with Crippen LogP contribution in [0.3, 0.4) is 0 Å². The molecule has 152 valence electrons. The quantitative estimate of drug-likeness (QED) is 0.660. The number of rotatable bonds is 10. The number of hydrogen-bond donors (Lipinski definition) is 1. The average Bonchev–Trinajstić information content (AvgIpc) is 2.69. The Morgan fingerprint density at radius 2 is 1.71 bits per heavy atom. The summed E-state index contributed by atoms with van der Waals surface area (Å²) in [6, 6.07) is 15.5. The molecule has 0 aromatic heterocycles. The average molecular weight is 405 g/mol. The maximum atomic E-state index is 13.2. The highest BCUT2D eigenvalue weighted by Gasteiger charge is 2.27. The van der Waals surface area contributed by atoms with E-state index in [9.17, 15) is 13.2 Å². The lowest BCUT2D eigenvalue weighted by Gasteiger charge is -2.23. The predicted octanol–water partition coefficient (Wildman–Crippen LogP) is 3.19. The van der Waals surface area contributed by atoms with Crippen molar-refractivity contribution in [2.45, 2.75) is 44.7 Å². The van der Waals surface area contributed by atoms with Crippen LogP contribution in [0.5, 0.6) is 5.75 Å². The second kappa shape index (κ2) is 10.2. The molecule has 6 nitrogen and oxygen atoms in total. The Bertz CT molecular complexity index is 852. The zero-order chi connectivity index (χ0) is 20.6. The highest BCUT2D eigenvalue weighted by atomic mass is 32.2. The molecular formula is C21H28N2O4S. The lowest BCUT2D eigenvalue weighted by atomic mass is 10.2. The van der Waals surface area contributed by atoms with Crippen LogP contribution in [0.4, 0.5) is 0 Å². The van der Waals surface area contributed by atoms with Crippen LogP contribution >= 0.6 is 0 Å². The number of benzene rings is 2. The van der Waals surface area contributed by atoms with Crippen molar-refractivity contribution < 1.29 is 17.9 Å². The first-order valence-corrected chi connectivity index (χ1v) is 10.9. The minimum Gasteiger partial charge on any atom is -0.494 e. The number of nitrogens with one attached hydrogen (secondary N) is 1. The van der Waals surface area contributed by atoms with E-state index in [2.05, 4.69) is 5.32 Å². The number of sulfonamides is 1. The van der Waals surface area contributed by atoms with E-state index in [1.54, 1.807) is 12.1 Å². The summed E-state index contributed by atoms with van der Waals surface area (Å²) in [5.41, 5.74) is 0.813. The van der Waals surface area contributed by atoms with Crippen molar-refractivity contribution >= 4 is 15.9 Å². The number of ether oxygens (including phenoxy) is 1. The number of carbonyl (C=O) groups is 1. The third-order valence-electron chi connectivity index (χ3n) is 4.31. The molecule has 0 bridgehead atoms. The van der Waals surface area contributed by atoms with Gasteiger partial charge in [-0.15, -0.1) is 0 Å². The standard InChI is InChI=1S/C21H28N2O4S/c1-4-17(3)22-21(24)16-23(15-18-9-7-6-8-10-18)28(25,26)20-13-11-19(12-14-20)27-5-2/h6-14,17H,4-5,15-16H2,1-3H3,(H,22,24)/t17-/m0/s1. The maximum Gasteiger partial charge on any atom is 0.243 e. The molecule has 1 amide bonds. The summed E-state index contributed by atoms with van der Waals surface area (Å²) in [5.74, 6) is 0.283. The monoisotopic (exact) mass is 404 g/mol. The lowest BCUT2D eigenvalue weighted by molar-refractivity contribution is -0.122. The second-order valence-corrected chi connectivity index (χ2v) is 8.48. The molecule has 0 aliphatic heterocycles. The molecule has 0 spiro atoms. The summed E-state index contributed by atoms with van der Waals surface area (Å²) < 4.78 is 33.0. The minimum atomic E-state index is -3.85. The van der Waals surface area contributed by atoms with E-state index in [4.69, 9.17) is 4.74 Å². The molecule has 0 aliphatic rings. The summed E-state index contributed by atoms with van der Waals surface area (Å²) >= 11 is 0. The first-order chi connectivity index (χ1) is 13.4. The van der Waals surface area contributed by atoms with Gasteiger partial charge in [-0.1, -0.05) is 37.3 Å². The van der Waals surface area contributed by atoms with Crippen molar-refractivity contribution in [1.82, 2.24) is 9.62 Å². The molecule has 0 fully saturated rings. The van der Waals surface area contributed by atoms with Gasteiger partial charge in [-0.3, -0.25) is 4.79 Å². The van der Waals surface area contributed by atoms with E-state index in [0.717, 1.165) is 12.0 Å². The van der Waals surface area contributed by atoms with Gasteiger partial charge in [0.05, 0.1) is 18.0 Å². The van der Waals surface area contributed by atoms with Crippen LogP contribution in [-0.4, -0.2) is 37.8 Å². The molecule has 0 aliphatic carbocycles. The lowest BCUT2D eigenvalue weighted by Crippen LogP contribution is -2.43. The van der Waals surface area contributed by atoms with E-state index in [0.29, 0.717) is 12.4 Å². The minimum absolute atomic E-state index is 0.0146. The van der Waals surface area contributed by atoms with Gasteiger partial charge in [0, 0.05) is 12.6 Å². The molecule has 0 saturated carbocycles. The number of nitrogens with zero attached hydrogens (tertiary/aromatic N) is 1. The Kier molecular flexibility index (Phi) is 8.02.